The molecule has 0 saturated carbocycles. The summed E-state index contributed by atoms with van der Waals surface area (Å²) in [4.78, 5) is 12.5. The first-order valence-corrected chi connectivity index (χ1v) is 4.09. The summed E-state index contributed by atoms with van der Waals surface area (Å²) < 4.78 is 0. The zero-order chi connectivity index (χ0) is 7.56. The molecule has 0 fully saturated rings. The summed E-state index contributed by atoms with van der Waals surface area (Å²) in [6.07, 6.45) is 1.88. The van der Waals surface area contributed by atoms with Crippen molar-refractivity contribution in [3.8, 4) is 0 Å². The molecule has 1 aliphatic rings. The van der Waals surface area contributed by atoms with E-state index >= 15 is 0 Å². The lowest BCUT2D eigenvalue weighted by Gasteiger charge is -2.21. The van der Waals surface area contributed by atoms with Crippen molar-refractivity contribution < 1.29 is 4.79 Å². The van der Waals surface area contributed by atoms with Crippen LogP contribution in [0.4, 0.5) is 0 Å². The van der Waals surface area contributed by atoms with E-state index < -0.39 is 0 Å². The van der Waals surface area contributed by atoms with Crippen LogP contribution < -0.4 is 5.43 Å². The van der Waals surface area contributed by atoms with Gasteiger partial charge in [-0.15, -0.1) is 0 Å². The van der Waals surface area contributed by atoms with Crippen LogP contribution in [0, 0.1) is 0 Å². The van der Waals surface area contributed by atoms with Crippen molar-refractivity contribution in [3.05, 3.63) is 0 Å². The summed E-state index contributed by atoms with van der Waals surface area (Å²) in [5, 5.41) is 4.63. The van der Waals surface area contributed by atoms with Crippen LogP contribution in [-0.2, 0) is 4.79 Å². The van der Waals surface area contributed by atoms with Crippen LogP contribution in [-0.4, -0.2) is 35.8 Å². The predicted octanol–water partition coefficient (Wildman–Crippen LogP) is -0.318. The van der Waals surface area contributed by atoms with Gasteiger partial charge in [0, 0.05) is 7.05 Å². The number of hydrazone groups is 1. The van der Waals surface area contributed by atoms with Gasteiger partial charge in [-0.3, -0.25) is 15.1 Å². The number of amidine groups is 1. The quantitative estimate of drug-likeness (QED) is 0.527. The minimum Gasteiger partial charge on any atom is -0.298 e. The summed E-state index contributed by atoms with van der Waals surface area (Å²) in [5.74, 6) is 0.0550. The highest BCUT2D eigenvalue weighted by Gasteiger charge is 2.17. The van der Waals surface area contributed by atoms with E-state index in [1.165, 1.54) is 11.8 Å². The van der Waals surface area contributed by atoms with Crippen molar-refractivity contribution in [2.24, 2.45) is 5.10 Å². The number of nitrogens with zero attached hydrogens (tertiary/aromatic N) is 2. The summed E-state index contributed by atoms with van der Waals surface area (Å²) >= 11 is 1.45. The lowest BCUT2D eigenvalue weighted by atomic mass is 10.5. The Balaban J connectivity index is 2.71. The number of nitrogens with one attached hydrogen (secondary N) is 1. The van der Waals surface area contributed by atoms with Crippen molar-refractivity contribution in [1.82, 2.24) is 10.3 Å². The Bertz CT molecular complexity index is 180. The van der Waals surface area contributed by atoms with Gasteiger partial charge in [-0.05, 0) is 6.26 Å². The molecular weight excluding hydrogens is 150 g/mol. The highest BCUT2D eigenvalue weighted by atomic mass is 32.2. The van der Waals surface area contributed by atoms with Crippen molar-refractivity contribution in [2.45, 2.75) is 0 Å². The van der Waals surface area contributed by atoms with Gasteiger partial charge in [0.2, 0.25) is 5.91 Å². The molecular formula is C5H9N3OS. The van der Waals surface area contributed by atoms with Gasteiger partial charge in [0.25, 0.3) is 0 Å². The van der Waals surface area contributed by atoms with E-state index in [0.717, 1.165) is 5.17 Å². The Morgan fingerprint density at radius 3 is 3.00 bits per heavy atom. The molecule has 1 N–H and O–H groups in total. The number of carbonyl (C=O) groups excluding carboxylic acids is 1. The highest BCUT2D eigenvalue weighted by molar-refractivity contribution is 8.13. The molecule has 0 aromatic rings. The monoisotopic (exact) mass is 159 g/mol. The zero-order valence-corrected chi connectivity index (χ0v) is 6.73. The normalized spacial score (nSPS) is 18.4. The molecule has 5 heteroatoms. The molecule has 0 aromatic carbocycles. The number of likely N-dealkylation sites (N-methyl/N-ethyl adjacent to an activating group) is 1. The molecule has 0 aliphatic carbocycles. The number of amides is 1. The highest BCUT2D eigenvalue weighted by Crippen LogP contribution is 2.04. The van der Waals surface area contributed by atoms with E-state index in [-0.39, 0.29) is 5.91 Å². The van der Waals surface area contributed by atoms with Gasteiger partial charge in [0.15, 0.2) is 5.17 Å². The van der Waals surface area contributed by atoms with Gasteiger partial charge < -0.3 is 0 Å². The summed E-state index contributed by atoms with van der Waals surface area (Å²) in [5.41, 5.74) is 2.64. The molecule has 1 aliphatic heterocycles. The topological polar surface area (TPSA) is 44.7 Å². The first-order valence-electron chi connectivity index (χ1n) is 2.87. The third kappa shape index (κ3) is 1.23. The molecule has 56 valence electrons. The second kappa shape index (κ2) is 2.92. The number of hydrogen-bond acceptors (Lipinski definition) is 4. The van der Waals surface area contributed by atoms with Crippen LogP contribution >= 0.6 is 11.8 Å². The van der Waals surface area contributed by atoms with E-state index in [4.69, 9.17) is 0 Å². The van der Waals surface area contributed by atoms with Crippen LogP contribution in [0.2, 0.25) is 0 Å². The number of carbonyl (C=O) groups is 1. The zero-order valence-electron chi connectivity index (χ0n) is 5.92. The Kier molecular flexibility index (Phi) is 2.16. The molecule has 1 amide bonds. The second-order valence-corrected chi connectivity index (χ2v) is 2.66. The van der Waals surface area contributed by atoms with Gasteiger partial charge in [-0.2, -0.15) is 5.10 Å². The molecule has 0 radical (unpaired) electrons. The van der Waals surface area contributed by atoms with E-state index in [9.17, 15) is 4.79 Å². The first-order chi connectivity index (χ1) is 4.75. The largest absolute Gasteiger partial charge is 0.298 e. The molecule has 0 unspecified atom stereocenters. The van der Waals surface area contributed by atoms with Crippen molar-refractivity contribution in [1.29, 1.82) is 0 Å². The van der Waals surface area contributed by atoms with Crippen LogP contribution in [0.25, 0.3) is 0 Å². The second-order valence-electron chi connectivity index (χ2n) is 1.89. The molecule has 10 heavy (non-hydrogen) atoms. The van der Waals surface area contributed by atoms with Crippen LogP contribution in [0.3, 0.4) is 0 Å². The van der Waals surface area contributed by atoms with Gasteiger partial charge in [0.1, 0.15) is 6.54 Å². The molecule has 4 nitrogen and oxygen atoms in total. The molecule has 0 atom stereocenters. The molecule has 0 saturated heterocycles. The third-order valence-corrected chi connectivity index (χ3v) is 1.98. The lowest BCUT2D eigenvalue weighted by molar-refractivity contribution is -0.125. The molecule has 1 heterocycles. The Labute approximate surface area is 63.7 Å². The smallest absolute Gasteiger partial charge is 0.249 e. The van der Waals surface area contributed by atoms with E-state index in [2.05, 4.69) is 10.5 Å². The van der Waals surface area contributed by atoms with Crippen LogP contribution in [0.5, 0.6) is 0 Å². The van der Waals surface area contributed by atoms with Crippen LogP contribution in [0.15, 0.2) is 5.10 Å². The summed E-state index contributed by atoms with van der Waals surface area (Å²) in [6.45, 7) is 0.306. The number of thioether (sulfide) groups is 1. The standard InChI is InChI=1S/C5H9N3OS/c1-8-4(9)3-6-7-5(8)10-2/h6H,3H2,1-2H3. The van der Waals surface area contributed by atoms with Crippen molar-refractivity contribution in [2.75, 3.05) is 19.8 Å². The van der Waals surface area contributed by atoms with Crippen molar-refractivity contribution in [3.63, 3.8) is 0 Å². The molecule has 0 spiro atoms. The number of hydrogen-bond donors (Lipinski definition) is 1. The molecule has 0 aromatic heterocycles. The minimum absolute atomic E-state index is 0.0550. The van der Waals surface area contributed by atoms with E-state index in [0.29, 0.717) is 6.54 Å². The fraction of sp³-hybridized carbons (Fsp3) is 0.600. The fourth-order valence-electron chi connectivity index (χ4n) is 0.658. The summed E-state index contributed by atoms with van der Waals surface area (Å²) in [6, 6.07) is 0. The summed E-state index contributed by atoms with van der Waals surface area (Å²) in [7, 11) is 1.72. The SMILES string of the molecule is CSC1=NNCC(=O)N1C. The molecule has 0 bridgehead atoms. The average Bonchev–Trinajstić information content (AvgIpc) is 1.95. The average molecular weight is 159 g/mol. The lowest BCUT2D eigenvalue weighted by Crippen LogP contribution is -2.42. The van der Waals surface area contributed by atoms with E-state index in [1.54, 1.807) is 11.9 Å². The van der Waals surface area contributed by atoms with Crippen LogP contribution in [0.1, 0.15) is 0 Å². The van der Waals surface area contributed by atoms with Crippen molar-refractivity contribution >= 4 is 22.8 Å². The maximum Gasteiger partial charge on any atom is 0.249 e. The third-order valence-electron chi connectivity index (χ3n) is 1.25. The van der Waals surface area contributed by atoms with Gasteiger partial charge >= 0.3 is 0 Å². The maximum absolute atomic E-state index is 10.9. The minimum atomic E-state index is 0.0550. The van der Waals surface area contributed by atoms with Gasteiger partial charge in [-0.1, -0.05) is 11.8 Å². The Morgan fingerprint density at radius 2 is 2.50 bits per heavy atom. The van der Waals surface area contributed by atoms with E-state index in [1.807, 2.05) is 6.26 Å². The Hall–Kier alpha value is -0.710. The number of rotatable bonds is 0. The van der Waals surface area contributed by atoms with Gasteiger partial charge in [0.05, 0.1) is 0 Å². The Morgan fingerprint density at radius 1 is 1.80 bits per heavy atom. The molecule has 1 rings (SSSR count). The first kappa shape index (κ1) is 7.40. The fourth-order valence-corrected chi connectivity index (χ4v) is 1.19. The predicted molar refractivity (Wildman–Crippen MR) is 41.7 cm³/mol. The van der Waals surface area contributed by atoms with Gasteiger partial charge in [-0.25, -0.2) is 0 Å². The maximum atomic E-state index is 10.9.